The summed E-state index contributed by atoms with van der Waals surface area (Å²) >= 11 is 13.2. The molecule has 0 aliphatic rings. The van der Waals surface area contributed by atoms with Gasteiger partial charge in [0.15, 0.2) is 0 Å². The first-order valence-corrected chi connectivity index (χ1v) is 11.8. The van der Waals surface area contributed by atoms with E-state index in [1.807, 2.05) is 6.92 Å². The quantitative estimate of drug-likeness (QED) is 0.383. The van der Waals surface area contributed by atoms with Crippen molar-refractivity contribution >= 4 is 52.5 Å². The molecule has 0 saturated heterocycles. The van der Waals surface area contributed by atoms with Crippen LogP contribution < -0.4 is 10.1 Å². The minimum atomic E-state index is -0.370. The Hall–Kier alpha value is -2.75. The molecule has 8 nitrogen and oxygen atoms in total. The molecule has 2 amide bonds. The van der Waals surface area contributed by atoms with Gasteiger partial charge in [0.05, 0.1) is 30.1 Å². The first-order valence-electron chi connectivity index (χ1n) is 10.0. The Bertz CT molecular complexity index is 1110. The Morgan fingerprint density at radius 2 is 1.91 bits per heavy atom. The van der Waals surface area contributed by atoms with Crippen LogP contribution in [0.2, 0.25) is 10.0 Å². The van der Waals surface area contributed by atoms with Gasteiger partial charge in [0.2, 0.25) is 17.7 Å². The van der Waals surface area contributed by atoms with E-state index in [1.54, 1.807) is 49.6 Å². The summed E-state index contributed by atoms with van der Waals surface area (Å²) in [5.41, 5.74) is 1.13. The van der Waals surface area contributed by atoms with Gasteiger partial charge in [-0.15, -0.1) is 10.2 Å². The fourth-order valence-electron chi connectivity index (χ4n) is 2.85. The first-order chi connectivity index (χ1) is 15.9. The van der Waals surface area contributed by atoms with Crippen LogP contribution in [0.1, 0.15) is 13.3 Å². The number of ether oxygens (including phenoxy) is 1. The average molecular weight is 509 g/mol. The average Bonchev–Trinajstić information content (AvgIpc) is 3.28. The third-order valence-electron chi connectivity index (χ3n) is 4.45. The van der Waals surface area contributed by atoms with Crippen molar-refractivity contribution in [1.29, 1.82) is 0 Å². The molecule has 1 N–H and O–H groups in total. The molecule has 0 aliphatic carbocycles. The summed E-state index contributed by atoms with van der Waals surface area (Å²) in [6.45, 7) is 2.24. The van der Waals surface area contributed by atoms with Crippen molar-refractivity contribution in [1.82, 2.24) is 15.1 Å². The number of carbonyl (C=O) groups excluding carboxylic acids is 2. The topological polar surface area (TPSA) is 97.6 Å². The van der Waals surface area contributed by atoms with Crippen molar-refractivity contribution < 1.29 is 18.7 Å². The molecule has 33 heavy (non-hydrogen) atoms. The zero-order valence-electron chi connectivity index (χ0n) is 18.0. The number of nitrogens with one attached hydrogen (secondary N) is 1. The predicted octanol–water partition coefficient (Wildman–Crippen LogP) is 5.02. The summed E-state index contributed by atoms with van der Waals surface area (Å²) < 4.78 is 10.8. The SMILES string of the molecule is CCCN(CC(=O)Nc1cc(Cl)ccc1Cl)C(=O)CSc1nnc(-c2ccc(OC)cc2)o1. The van der Waals surface area contributed by atoms with Crippen molar-refractivity contribution in [2.45, 2.75) is 18.6 Å². The lowest BCUT2D eigenvalue weighted by Gasteiger charge is -2.21. The lowest BCUT2D eigenvalue weighted by atomic mass is 10.2. The van der Waals surface area contributed by atoms with Crippen molar-refractivity contribution in [2.24, 2.45) is 0 Å². The largest absolute Gasteiger partial charge is 0.497 e. The highest BCUT2D eigenvalue weighted by Gasteiger charge is 2.19. The summed E-state index contributed by atoms with van der Waals surface area (Å²) in [7, 11) is 1.59. The number of hydrogen-bond donors (Lipinski definition) is 1. The van der Waals surface area contributed by atoms with Crippen molar-refractivity contribution in [2.75, 3.05) is 31.3 Å². The fourth-order valence-corrected chi connectivity index (χ4v) is 3.85. The summed E-state index contributed by atoms with van der Waals surface area (Å²) in [5.74, 6) is 0.519. The molecule has 0 atom stereocenters. The molecule has 0 aliphatic heterocycles. The number of rotatable bonds is 10. The van der Waals surface area contributed by atoms with Crippen LogP contribution in [0.25, 0.3) is 11.5 Å². The van der Waals surface area contributed by atoms with Gasteiger partial charge in [-0.3, -0.25) is 9.59 Å². The standard InChI is InChI=1S/C22H22Cl2N4O4S/c1-3-10-28(12-19(29)25-18-11-15(23)6-9-17(18)24)20(30)13-33-22-27-26-21(32-22)14-4-7-16(31-2)8-5-14/h4-9,11H,3,10,12-13H2,1-2H3,(H,25,29). The summed E-state index contributed by atoms with van der Waals surface area (Å²) in [6.07, 6.45) is 0.698. The smallest absolute Gasteiger partial charge is 0.277 e. The summed E-state index contributed by atoms with van der Waals surface area (Å²) in [6, 6.07) is 12.0. The Morgan fingerprint density at radius 1 is 1.15 bits per heavy atom. The highest BCUT2D eigenvalue weighted by atomic mass is 35.5. The normalized spacial score (nSPS) is 10.7. The number of nitrogens with zero attached hydrogens (tertiary/aromatic N) is 3. The zero-order valence-corrected chi connectivity index (χ0v) is 20.3. The number of halogens is 2. The molecule has 11 heteroatoms. The van der Waals surface area contributed by atoms with Crippen LogP contribution in [-0.4, -0.2) is 52.9 Å². The van der Waals surface area contributed by atoms with E-state index < -0.39 is 0 Å². The van der Waals surface area contributed by atoms with Crippen LogP contribution in [-0.2, 0) is 9.59 Å². The van der Waals surface area contributed by atoms with E-state index in [2.05, 4.69) is 15.5 Å². The Labute approximate surface area is 205 Å². The third-order valence-corrected chi connectivity index (χ3v) is 5.81. The van der Waals surface area contributed by atoms with Crippen LogP contribution >= 0.6 is 35.0 Å². The molecule has 3 rings (SSSR count). The summed E-state index contributed by atoms with van der Waals surface area (Å²) in [4.78, 5) is 26.7. The van der Waals surface area contributed by atoms with Crippen molar-refractivity contribution in [3.05, 3.63) is 52.5 Å². The molecule has 1 heterocycles. The molecule has 1 aromatic heterocycles. The molecule has 174 valence electrons. The molecule has 0 fully saturated rings. The van der Waals surface area contributed by atoms with E-state index in [4.69, 9.17) is 32.4 Å². The molecule has 0 spiro atoms. The molecular formula is C22H22Cl2N4O4S. The maximum absolute atomic E-state index is 12.7. The van der Waals surface area contributed by atoms with E-state index in [0.717, 1.165) is 23.1 Å². The highest BCUT2D eigenvalue weighted by Crippen LogP contribution is 2.26. The van der Waals surface area contributed by atoms with Crippen LogP contribution in [0.15, 0.2) is 52.1 Å². The van der Waals surface area contributed by atoms with E-state index in [0.29, 0.717) is 34.6 Å². The van der Waals surface area contributed by atoms with Gasteiger partial charge >= 0.3 is 0 Å². The number of carbonyl (C=O) groups is 2. The maximum Gasteiger partial charge on any atom is 0.277 e. The lowest BCUT2D eigenvalue weighted by molar-refractivity contribution is -0.132. The molecule has 0 unspecified atom stereocenters. The van der Waals surface area contributed by atoms with Crippen molar-refractivity contribution in [3.8, 4) is 17.2 Å². The van der Waals surface area contributed by atoms with Crippen LogP contribution in [0.5, 0.6) is 5.75 Å². The Kier molecular flexibility index (Phi) is 8.99. The fraction of sp³-hybridized carbons (Fsp3) is 0.273. The number of amides is 2. The second kappa shape index (κ2) is 11.9. The predicted molar refractivity (Wildman–Crippen MR) is 129 cm³/mol. The second-order valence-corrected chi connectivity index (χ2v) is 8.65. The number of methoxy groups -OCH3 is 1. The molecule has 3 aromatic rings. The van der Waals surface area contributed by atoms with Gasteiger partial charge in [-0.25, -0.2) is 0 Å². The molecule has 0 bridgehead atoms. The number of hydrogen-bond acceptors (Lipinski definition) is 7. The Morgan fingerprint density at radius 3 is 2.61 bits per heavy atom. The monoisotopic (exact) mass is 508 g/mol. The van der Waals surface area contributed by atoms with E-state index in [-0.39, 0.29) is 29.3 Å². The van der Waals surface area contributed by atoms with Crippen LogP contribution in [0.4, 0.5) is 5.69 Å². The molecular weight excluding hydrogens is 487 g/mol. The van der Waals surface area contributed by atoms with Gasteiger partial charge in [0.25, 0.3) is 5.22 Å². The first kappa shape index (κ1) is 24.9. The van der Waals surface area contributed by atoms with E-state index >= 15 is 0 Å². The van der Waals surface area contributed by atoms with Gasteiger partial charge in [-0.2, -0.15) is 0 Å². The van der Waals surface area contributed by atoms with Gasteiger partial charge in [0, 0.05) is 17.1 Å². The zero-order chi connectivity index (χ0) is 23.8. The van der Waals surface area contributed by atoms with Crippen LogP contribution in [0.3, 0.4) is 0 Å². The molecule has 0 saturated carbocycles. The number of anilines is 1. The van der Waals surface area contributed by atoms with Gasteiger partial charge in [-0.1, -0.05) is 41.9 Å². The minimum absolute atomic E-state index is 0.0510. The highest BCUT2D eigenvalue weighted by molar-refractivity contribution is 7.99. The third kappa shape index (κ3) is 7.12. The van der Waals surface area contributed by atoms with E-state index in [1.165, 1.54) is 4.90 Å². The Balaban J connectivity index is 1.57. The minimum Gasteiger partial charge on any atom is -0.497 e. The number of benzene rings is 2. The van der Waals surface area contributed by atoms with Gasteiger partial charge < -0.3 is 19.4 Å². The van der Waals surface area contributed by atoms with Gasteiger partial charge in [0.1, 0.15) is 5.75 Å². The van der Waals surface area contributed by atoms with Crippen LogP contribution in [0, 0.1) is 0 Å². The summed E-state index contributed by atoms with van der Waals surface area (Å²) in [5, 5.41) is 11.8. The van der Waals surface area contributed by atoms with Gasteiger partial charge in [-0.05, 0) is 48.9 Å². The lowest BCUT2D eigenvalue weighted by Crippen LogP contribution is -2.39. The van der Waals surface area contributed by atoms with Crippen molar-refractivity contribution in [3.63, 3.8) is 0 Å². The van der Waals surface area contributed by atoms with E-state index in [9.17, 15) is 9.59 Å². The number of thioether (sulfide) groups is 1. The molecule has 0 radical (unpaired) electrons. The second-order valence-electron chi connectivity index (χ2n) is 6.88. The maximum atomic E-state index is 12.7. The number of aromatic nitrogens is 2. The molecule has 2 aromatic carbocycles.